The first-order valence-corrected chi connectivity index (χ1v) is 8.52. The summed E-state index contributed by atoms with van der Waals surface area (Å²) in [5, 5.41) is 0. The van der Waals surface area contributed by atoms with E-state index in [1.807, 2.05) is 18.2 Å². The van der Waals surface area contributed by atoms with Crippen molar-refractivity contribution in [3.63, 3.8) is 0 Å². The zero-order valence-corrected chi connectivity index (χ0v) is 14.6. The number of nitrogens with zero attached hydrogens (tertiary/aromatic N) is 2. The van der Waals surface area contributed by atoms with E-state index in [4.69, 9.17) is 9.47 Å². The smallest absolute Gasteiger partial charge is 0.158 e. The fourth-order valence-corrected chi connectivity index (χ4v) is 3.37. The van der Waals surface area contributed by atoms with E-state index in [2.05, 4.69) is 65.2 Å². The highest BCUT2D eigenvalue weighted by Crippen LogP contribution is 2.33. The molecule has 4 nitrogen and oxygen atoms in total. The van der Waals surface area contributed by atoms with Gasteiger partial charge in [-0.3, -0.25) is 0 Å². The largest absolute Gasteiger partial charge is 0.495 e. The maximum atomic E-state index is 6.03. The number of benzene rings is 2. The first-order chi connectivity index (χ1) is 12.3. The average molecular weight is 334 g/mol. The minimum absolute atomic E-state index is 0.0576. The van der Waals surface area contributed by atoms with Gasteiger partial charge in [0.1, 0.15) is 5.75 Å². The van der Waals surface area contributed by atoms with E-state index in [0.29, 0.717) is 0 Å². The SMILES string of the molecule is COc1ccccc1-n1ccc([C@H]2OCCN2c2cccc(C)c2)c1. The van der Waals surface area contributed by atoms with E-state index in [9.17, 15) is 0 Å². The minimum atomic E-state index is -0.0576. The van der Waals surface area contributed by atoms with Crippen molar-refractivity contribution >= 4 is 5.69 Å². The predicted molar refractivity (Wildman–Crippen MR) is 99.5 cm³/mol. The molecule has 3 aromatic rings. The van der Waals surface area contributed by atoms with Crippen LogP contribution in [0.4, 0.5) is 5.69 Å². The number of ether oxygens (including phenoxy) is 2. The summed E-state index contributed by atoms with van der Waals surface area (Å²) >= 11 is 0. The lowest BCUT2D eigenvalue weighted by Crippen LogP contribution is -2.23. The van der Waals surface area contributed by atoms with Crippen LogP contribution in [-0.2, 0) is 4.74 Å². The fourth-order valence-electron chi connectivity index (χ4n) is 3.37. The lowest BCUT2D eigenvalue weighted by molar-refractivity contribution is 0.114. The molecule has 1 aliphatic rings. The van der Waals surface area contributed by atoms with Crippen molar-refractivity contribution < 1.29 is 9.47 Å². The Morgan fingerprint density at radius 2 is 1.96 bits per heavy atom. The number of hydrogen-bond acceptors (Lipinski definition) is 3. The van der Waals surface area contributed by atoms with Crippen LogP contribution in [0.5, 0.6) is 5.75 Å². The van der Waals surface area contributed by atoms with E-state index in [1.54, 1.807) is 7.11 Å². The van der Waals surface area contributed by atoms with Crippen molar-refractivity contribution in [2.24, 2.45) is 0 Å². The number of anilines is 1. The Morgan fingerprint density at radius 1 is 1.08 bits per heavy atom. The maximum absolute atomic E-state index is 6.03. The van der Waals surface area contributed by atoms with Crippen LogP contribution in [0.3, 0.4) is 0 Å². The van der Waals surface area contributed by atoms with E-state index in [0.717, 1.165) is 30.2 Å². The molecule has 4 heteroatoms. The van der Waals surface area contributed by atoms with Gasteiger partial charge in [-0.15, -0.1) is 0 Å². The third kappa shape index (κ3) is 3.01. The molecule has 0 amide bonds. The Morgan fingerprint density at radius 3 is 2.80 bits per heavy atom. The Kier molecular flexibility index (Phi) is 4.20. The zero-order valence-electron chi connectivity index (χ0n) is 14.6. The molecule has 0 radical (unpaired) electrons. The summed E-state index contributed by atoms with van der Waals surface area (Å²) in [5.41, 5.74) is 4.63. The highest BCUT2D eigenvalue weighted by atomic mass is 16.5. The molecule has 1 fully saturated rings. The molecule has 128 valence electrons. The number of aryl methyl sites for hydroxylation is 1. The quantitative estimate of drug-likeness (QED) is 0.710. The van der Waals surface area contributed by atoms with Gasteiger partial charge in [0.15, 0.2) is 6.23 Å². The Bertz CT molecular complexity index is 872. The van der Waals surface area contributed by atoms with Gasteiger partial charge < -0.3 is 18.9 Å². The second-order valence-corrected chi connectivity index (χ2v) is 6.28. The number of aromatic nitrogens is 1. The second-order valence-electron chi connectivity index (χ2n) is 6.28. The average Bonchev–Trinajstić information content (AvgIpc) is 3.30. The van der Waals surface area contributed by atoms with Crippen molar-refractivity contribution in [1.29, 1.82) is 0 Å². The number of hydrogen-bond donors (Lipinski definition) is 0. The van der Waals surface area contributed by atoms with Crippen molar-refractivity contribution in [2.45, 2.75) is 13.2 Å². The normalized spacial score (nSPS) is 17.0. The molecule has 1 aliphatic heterocycles. The third-order valence-corrected chi connectivity index (χ3v) is 4.59. The molecule has 0 spiro atoms. The lowest BCUT2D eigenvalue weighted by Gasteiger charge is -2.25. The number of rotatable bonds is 4. The standard InChI is InChI=1S/C21H22N2O2/c1-16-6-5-7-18(14-16)23-12-13-25-21(23)17-10-11-22(15-17)19-8-3-4-9-20(19)24-2/h3-11,14-15,21H,12-13H2,1-2H3/t21-/m1/s1. The van der Waals surface area contributed by atoms with Gasteiger partial charge in [0.2, 0.25) is 0 Å². The van der Waals surface area contributed by atoms with Gasteiger partial charge in [0, 0.05) is 30.2 Å². The van der Waals surface area contributed by atoms with Crippen LogP contribution in [0.15, 0.2) is 67.0 Å². The van der Waals surface area contributed by atoms with Crippen LogP contribution < -0.4 is 9.64 Å². The van der Waals surface area contributed by atoms with E-state index in [-0.39, 0.29) is 6.23 Å². The number of methoxy groups -OCH3 is 1. The van der Waals surface area contributed by atoms with Gasteiger partial charge in [-0.1, -0.05) is 24.3 Å². The molecule has 2 heterocycles. The summed E-state index contributed by atoms with van der Waals surface area (Å²) in [6, 6.07) is 18.7. The summed E-state index contributed by atoms with van der Waals surface area (Å²) in [5.74, 6) is 0.854. The predicted octanol–water partition coefficient (Wildman–Crippen LogP) is 4.33. The van der Waals surface area contributed by atoms with E-state index >= 15 is 0 Å². The molecule has 4 rings (SSSR count). The summed E-state index contributed by atoms with van der Waals surface area (Å²) in [4.78, 5) is 2.31. The van der Waals surface area contributed by atoms with E-state index in [1.165, 1.54) is 11.3 Å². The topological polar surface area (TPSA) is 26.6 Å². The minimum Gasteiger partial charge on any atom is -0.495 e. The van der Waals surface area contributed by atoms with Crippen LogP contribution in [0.2, 0.25) is 0 Å². The summed E-state index contributed by atoms with van der Waals surface area (Å²) < 4.78 is 13.6. The van der Waals surface area contributed by atoms with Gasteiger partial charge in [-0.25, -0.2) is 0 Å². The van der Waals surface area contributed by atoms with Crippen molar-refractivity contribution in [3.05, 3.63) is 78.1 Å². The maximum Gasteiger partial charge on any atom is 0.158 e. The van der Waals surface area contributed by atoms with Gasteiger partial charge >= 0.3 is 0 Å². The van der Waals surface area contributed by atoms with Gasteiger partial charge in [-0.2, -0.15) is 0 Å². The molecular weight excluding hydrogens is 312 g/mol. The van der Waals surface area contributed by atoms with Crippen molar-refractivity contribution in [2.75, 3.05) is 25.2 Å². The number of para-hydroxylation sites is 2. The molecule has 25 heavy (non-hydrogen) atoms. The summed E-state index contributed by atoms with van der Waals surface area (Å²) in [6.45, 7) is 3.75. The molecule has 0 bridgehead atoms. The van der Waals surface area contributed by atoms with Crippen LogP contribution in [0, 0.1) is 6.92 Å². The van der Waals surface area contributed by atoms with Crippen LogP contribution >= 0.6 is 0 Å². The molecule has 0 unspecified atom stereocenters. The highest BCUT2D eigenvalue weighted by Gasteiger charge is 2.28. The Hall–Kier alpha value is -2.72. The molecule has 0 N–H and O–H groups in total. The monoisotopic (exact) mass is 334 g/mol. The molecule has 1 aromatic heterocycles. The molecule has 0 saturated carbocycles. The fraction of sp³-hybridized carbons (Fsp3) is 0.238. The lowest BCUT2D eigenvalue weighted by atomic mass is 10.2. The van der Waals surface area contributed by atoms with Crippen molar-refractivity contribution in [1.82, 2.24) is 4.57 Å². The molecular formula is C21H22N2O2. The van der Waals surface area contributed by atoms with Crippen LogP contribution in [0.1, 0.15) is 17.4 Å². The Balaban J connectivity index is 1.65. The highest BCUT2D eigenvalue weighted by molar-refractivity contribution is 5.52. The molecule has 0 aliphatic carbocycles. The van der Waals surface area contributed by atoms with Gasteiger partial charge in [-0.05, 0) is 42.8 Å². The van der Waals surface area contributed by atoms with Gasteiger partial charge in [0.05, 0.1) is 19.4 Å². The summed E-state index contributed by atoms with van der Waals surface area (Å²) in [6.07, 6.45) is 4.12. The van der Waals surface area contributed by atoms with Crippen LogP contribution in [0.25, 0.3) is 5.69 Å². The van der Waals surface area contributed by atoms with Gasteiger partial charge in [0.25, 0.3) is 0 Å². The molecule has 2 aromatic carbocycles. The first kappa shape index (κ1) is 15.8. The second kappa shape index (κ2) is 6.65. The first-order valence-electron chi connectivity index (χ1n) is 8.52. The van der Waals surface area contributed by atoms with Crippen molar-refractivity contribution in [3.8, 4) is 11.4 Å². The summed E-state index contributed by atoms with van der Waals surface area (Å²) in [7, 11) is 1.70. The van der Waals surface area contributed by atoms with Crippen LogP contribution in [-0.4, -0.2) is 24.8 Å². The third-order valence-electron chi connectivity index (χ3n) is 4.59. The van der Waals surface area contributed by atoms with E-state index < -0.39 is 0 Å². The molecule has 1 atom stereocenters. The molecule has 1 saturated heterocycles. The Labute approximate surface area is 148 Å². The zero-order chi connectivity index (χ0) is 17.2.